The van der Waals surface area contributed by atoms with Gasteiger partial charge in [-0.1, -0.05) is 30.3 Å². The molecular formula is C20H22F3N3S. The zero-order valence-electron chi connectivity index (χ0n) is 14.8. The van der Waals surface area contributed by atoms with Crippen LogP contribution in [0.2, 0.25) is 0 Å². The summed E-state index contributed by atoms with van der Waals surface area (Å²) < 4.78 is 40.2. The molecule has 3 nitrogen and oxygen atoms in total. The van der Waals surface area contributed by atoms with Gasteiger partial charge < -0.3 is 16.4 Å². The molecule has 7 heteroatoms. The highest BCUT2D eigenvalue weighted by Gasteiger charge is 2.33. The van der Waals surface area contributed by atoms with E-state index in [2.05, 4.69) is 10.6 Å². The average Bonchev–Trinajstić information content (AvgIpc) is 2.63. The number of fused-ring (bicyclic) bond motifs is 2. The van der Waals surface area contributed by atoms with Gasteiger partial charge in [-0.3, -0.25) is 0 Å². The molecular weight excluding hydrogens is 371 g/mol. The second-order valence-electron chi connectivity index (χ2n) is 7.29. The van der Waals surface area contributed by atoms with Crippen LogP contribution in [0.25, 0.3) is 0 Å². The van der Waals surface area contributed by atoms with Gasteiger partial charge in [-0.25, -0.2) is 0 Å². The first-order chi connectivity index (χ1) is 12.9. The molecule has 0 saturated heterocycles. The minimum absolute atomic E-state index is 0.196. The van der Waals surface area contributed by atoms with E-state index in [1.807, 2.05) is 24.3 Å². The van der Waals surface area contributed by atoms with Crippen molar-refractivity contribution in [3.63, 3.8) is 0 Å². The van der Waals surface area contributed by atoms with Gasteiger partial charge in [0.2, 0.25) is 0 Å². The van der Waals surface area contributed by atoms with E-state index in [1.54, 1.807) is 0 Å². The largest absolute Gasteiger partial charge is 0.416 e. The van der Waals surface area contributed by atoms with Crippen LogP contribution < -0.4 is 16.4 Å². The fraction of sp³-hybridized carbons (Fsp3) is 0.400. The highest BCUT2D eigenvalue weighted by Crippen LogP contribution is 2.49. The summed E-state index contributed by atoms with van der Waals surface area (Å²) in [7, 11) is 0. The lowest BCUT2D eigenvalue weighted by Crippen LogP contribution is -2.31. The molecule has 1 saturated carbocycles. The molecule has 4 rings (SSSR count). The van der Waals surface area contributed by atoms with Crippen molar-refractivity contribution in [2.75, 3.05) is 17.2 Å². The zero-order chi connectivity index (χ0) is 19.0. The Hall–Kier alpha value is -1.86. The number of benzene rings is 2. The molecule has 0 spiro atoms. The molecule has 2 aromatic carbocycles. The van der Waals surface area contributed by atoms with Crippen LogP contribution in [0.4, 0.5) is 30.2 Å². The van der Waals surface area contributed by atoms with Gasteiger partial charge in [-0.05, 0) is 49.4 Å². The van der Waals surface area contributed by atoms with Crippen LogP contribution in [0.3, 0.4) is 0 Å². The molecule has 144 valence electrons. The fourth-order valence-corrected chi connectivity index (χ4v) is 4.87. The van der Waals surface area contributed by atoms with E-state index < -0.39 is 11.7 Å². The predicted octanol–water partition coefficient (Wildman–Crippen LogP) is 5.84. The average molecular weight is 393 g/mol. The first kappa shape index (κ1) is 18.5. The third-order valence-electron chi connectivity index (χ3n) is 5.20. The lowest BCUT2D eigenvalue weighted by molar-refractivity contribution is -0.137. The number of nitrogens with one attached hydrogen (secondary N) is 2. The smallest absolute Gasteiger partial charge is 0.383 e. The van der Waals surface area contributed by atoms with Gasteiger partial charge in [0.1, 0.15) is 0 Å². The van der Waals surface area contributed by atoms with E-state index in [0.29, 0.717) is 28.7 Å². The van der Waals surface area contributed by atoms with Crippen molar-refractivity contribution in [2.45, 2.75) is 47.7 Å². The fourth-order valence-electron chi connectivity index (χ4n) is 3.81. The van der Waals surface area contributed by atoms with Crippen LogP contribution in [0, 0.1) is 5.92 Å². The molecule has 1 unspecified atom stereocenters. The summed E-state index contributed by atoms with van der Waals surface area (Å²) in [5, 5.41) is 6.58. The number of hydrogen-bond acceptors (Lipinski definition) is 4. The maximum Gasteiger partial charge on any atom is 0.416 e. The van der Waals surface area contributed by atoms with Gasteiger partial charge in [0.05, 0.1) is 22.6 Å². The standard InChI is InChI=1S/C20H22F3N3S/c21-20(22,23)13-9-16(25-11-12-4-3-5-14(24)8-12)19-18(10-13)27-17-7-2-1-6-15(17)26-19/h1-2,6-7,9-10,12,14,25-26H,3-5,8,11,24H2/t12?,14-/m0/s1. The molecule has 1 fully saturated rings. The summed E-state index contributed by atoms with van der Waals surface area (Å²) in [4.78, 5) is 1.51. The van der Waals surface area contributed by atoms with E-state index in [4.69, 9.17) is 5.73 Å². The Labute approximate surface area is 160 Å². The highest BCUT2D eigenvalue weighted by atomic mass is 32.2. The van der Waals surface area contributed by atoms with Crippen LogP contribution >= 0.6 is 11.8 Å². The molecule has 2 aromatic rings. The van der Waals surface area contributed by atoms with Crippen molar-refractivity contribution >= 4 is 28.8 Å². The Morgan fingerprint density at radius 1 is 1.15 bits per heavy atom. The van der Waals surface area contributed by atoms with E-state index in [1.165, 1.54) is 23.9 Å². The molecule has 1 aliphatic carbocycles. The highest BCUT2D eigenvalue weighted by molar-refractivity contribution is 7.99. The topological polar surface area (TPSA) is 50.1 Å². The molecule has 0 aromatic heterocycles. The second-order valence-corrected chi connectivity index (χ2v) is 8.38. The van der Waals surface area contributed by atoms with Crippen LogP contribution in [-0.4, -0.2) is 12.6 Å². The molecule has 2 aliphatic rings. The summed E-state index contributed by atoms with van der Waals surface area (Å²) >= 11 is 1.37. The number of rotatable bonds is 3. The van der Waals surface area contributed by atoms with Gasteiger partial charge in [-0.15, -0.1) is 0 Å². The number of alkyl halides is 3. The summed E-state index contributed by atoms with van der Waals surface area (Å²) in [5.41, 5.74) is 7.55. The van der Waals surface area contributed by atoms with E-state index in [9.17, 15) is 13.2 Å². The van der Waals surface area contributed by atoms with Gasteiger partial charge in [-0.2, -0.15) is 13.2 Å². The SMILES string of the molecule is N[C@H]1CCCC(CNc2cc(C(F)(F)F)cc3c2Nc2ccccc2S3)C1. The van der Waals surface area contributed by atoms with Gasteiger partial charge in [0.25, 0.3) is 0 Å². The van der Waals surface area contributed by atoms with Crippen LogP contribution in [0.1, 0.15) is 31.2 Å². The Bertz CT molecular complexity index is 838. The monoisotopic (exact) mass is 393 g/mol. The van der Waals surface area contributed by atoms with Crippen molar-refractivity contribution < 1.29 is 13.2 Å². The minimum Gasteiger partial charge on any atom is -0.383 e. The normalized spacial score (nSPS) is 21.8. The second kappa shape index (κ2) is 7.28. The van der Waals surface area contributed by atoms with Crippen LogP contribution in [0.5, 0.6) is 0 Å². The van der Waals surface area contributed by atoms with Crippen molar-refractivity contribution in [1.29, 1.82) is 0 Å². The minimum atomic E-state index is -4.38. The number of anilines is 3. The van der Waals surface area contributed by atoms with Gasteiger partial charge in [0, 0.05) is 22.4 Å². The quantitative estimate of drug-likeness (QED) is 0.523. The lowest BCUT2D eigenvalue weighted by atomic mass is 9.86. The number of hydrogen-bond donors (Lipinski definition) is 3. The van der Waals surface area contributed by atoms with E-state index >= 15 is 0 Å². The lowest BCUT2D eigenvalue weighted by Gasteiger charge is -2.29. The molecule has 0 bridgehead atoms. The summed E-state index contributed by atoms with van der Waals surface area (Å²) in [5.74, 6) is 0.391. The maximum atomic E-state index is 13.4. The van der Waals surface area contributed by atoms with Crippen LogP contribution in [0.15, 0.2) is 46.2 Å². The maximum absolute atomic E-state index is 13.4. The third kappa shape index (κ3) is 4.04. The van der Waals surface area contributed by atoms with Gasteiger partial charge in [0.15, 0.2) is 0 Å². The molecule has 1 aliphatic heterocycles. The number of para-hydroxylation sites is 1. The molecule has 2 atom stereocenters. The van der Waals surface area contributed by atoms with E-state index in [-0.39, 0.29) is 6.04 Å². The van der Waals surface area contributed by atoms with Crippen molar-refractivity contribution in [1.82, 2.24) is 0 Å². The Morgan fingerprint density at radius 3 is 2.74 bits per heavy atom. The van der Waals surface area contributed by atoms with Gasteiger partial charge >= 0.3 is 6.18 Å². The molecule has 1 heterocycles. The van der Waals surface area contributed by atoms with Crippen molar-refractivity contribution in [3.8, 4) is 0 Å². The first-order valence-corrected chi connectivity index (χ1v) is 10.0. The van der Waals surface area contributed by atoms with E-state index in [0.717, 1.165) is 36.3 Å². The first-order valence-electron chi connectivity index (χ1n) is 9.19. The van der Waals surface area contributed by atoms with Crippen LogP contribution in [-0.2, 0) is 6.18 Å². The predicted molar refractivity (Wildman–Crippen MR) is 104 cm³/mol. The van der Waals surface area contributed by atoms with Crippen molar-refractivity contribution in [3.05, 3.63) is 42.0 Å². The summed E-state index contributed by atoms with van der Waals surface area (Å²) in [6, 6.07) is 10.3. The molecule has 0 amide bonds. The molecule has 27 heavy (non-hydrogen) atoms. The Morgan fingerprint density at radius 2 is 1.96 bits per heavy atom. The molecule has 0 radical (unpaired) electrons. The number of nitrogens with two attached hydrogens (primary N) is 1. The van der Waals surface area contributed by atoms with Crippen molar-refractivity contribution in [2.24, 2.45) is 11.7 Å². The Balaban J connectivity index is 1.63. The zero-order valence-corrected chi connectivity index (χ0v) is 15.6. The summed E-state index contributed by atoms with van der Waals surface area (Å²) in [6.45, 7) is 0.634. The Kier molecular flexibility index (Phi) is 4.99. The molecule has 4 N–H and O–H groups in total. The number of halogens is 3. The summed E-state index contributed by atoms with van der Waals surface area (Å²) in [6.07, 6.45) is -0.289. The third-order valence-corrected chi connectivity index (χ3v) is 6.32.